The molecule has 5 aliphatic rings. The van der Waals surface area contributed by atoms with Crippen LogP contribution in [-0.4, -0.2) is 91.8 Å². The van der Waals surface area contributed by atoms with Crippen molar-refractivity contribution in [3.05, 3.63) is 77.1 Å². The van der Waals surface area contributed by atoms with Crippen LogP contribution in [0.15, 0.2) is 48.7 Å². The van der Waals surface area contributed by atoms with Gasteiger partial charge in [-0.3, -0.25) is 30.0 Å². The lowest BCUT2D eigenvalue weighted by Crippen LogP contribution is -2.49. The number of aryl methyl sites for hydroxylation is 2. The first-order valence-electron chi connectivity index (χ1n) is 22.1. The molecule has 0 radical (unpaired) electrons. The van der Waals surface area contributed by atoms with Gasteiger partial charge in [-0.25, -0.2) is 18.4 Å². The van der Waals surface area contributed by atoms with Gasteiger partial charge in [-0.2, -0.15) is 5.10 Å². The molecule has 14 nitrogen and oxygen atoms in total. The average molecular weight is 847 g/mol. The third kappa shape index (κ3) is 7.88. The van der Waals surface area contributed by atoms with Gasteiger partial charge in [-0.15, -0.1) is 0 Å². The highest BCUT2D eigenvalue weighted by Crippen LogP contribution is 2.38. The lowest BCUT2D eigenvalue weighted by atomic mass is 9.89. The second-order valence-electron chi connectivity index (χ2n) is 17.9. The summed E-state index contributed by atoms with van der Waals surface area (Å²) < 4.78 is 40.7. The zero-order valence-corrected chi connectivity index (χ0v) is 35.1. The molecule has 16 heteroatoms. The lowest BCUT2D eigenvalue weighted by Gasteiger charge is -2.42. The minimum absolute atomic E-state index is 0.0557. The molecule has 62 heavy (non-hydrogen) atoms. The molecule has 3 atom stereocenters. The van der Waals surface area contributed by atoms with Crippen LogP contribution in [0.2, 0.25) is 0 Å². The van der Waals surface area contributed by atoms with Gasteiger partial charge < -0.3 is 24.4 Å². The van der Waals surface area contributed by atoms with Crippen LogP contribution in [0.3, 0.4) is 0 Å². The summed E-state index contributed by atoms with van der Waals surface area (Å²) in [7, 11) is 1.87. The molecule has 4 fully saturated rings. The molecule has 4 bridgehead atoms. The van der Waals surface area contributed by atoms with E-state index in [0.29, 0.717) is 53.3 Å². The number of fused-ring (bicyclic) bond motifs is 9. The van der Waals surface area contributed by atoms with E-state index in [-0.39, 0.29) is 30.4 Å². The van der Waals surface area contributed by atoms with Crippen molar-refractivity contribution in [1.82, 2.24) is 34.5 Å². The molecule has 5 aromatic rings. The minimum Gasteiger partial charge on any atom is -0.477 e. The van der Waals surface area contributed by atoms with Gasteiger partial charge in [0.1, 0.15) is 11.6 Å². The number of piperidine rings is 3. The maximum atomic E-state index is 15.2. The maximum Gasteiger partial charge on any atom is 0.258 e. The van der Waals surface area contributed by atoms with E-state index in [0.717, 1.165) is 106 Å². The molecule has 3 amide bonds. The number of hydrogen-bond acceptors (Lipinski definition) is 10. The Hall–Kier alpha value is -5.90. The predicted octanol–water partition coefficient (Wildman–Crippen LogP) is 6.54. The first kappa shape index (κ1) is 40.2. The number of imide groups is 1. The Morgan fingerprint density at radius 3 is 2.40 bits per heavy atom. The van der Waals surface area contributed by atoms with Crippen molar-refractivity contribution in [2.45, 2.75) is 89.3 Å². The molecule has 2 aromatic carbocycles. The Balaban J connectivity index is 0.802. The van der Waals surface area contributed by atoms with Crippen LogP contribution in [0, 0.1) is 30.4 Å². The number of carbonyl (C=O) groups excluding carboxylic acids is 3. The van der Waals surface area contributed by atoms with Crippen LogP contribution in [0.4, 0.5) is 26.1 Å². The van der Waals surface area contributed by atoms with E-state index >= 15 is 8.78 Å². The number of ether oxygens (including phenoxy) is 1. The van der Waals surface area contributed by atoms with E-state index in [1.165, 1.54) is 12.1 Å². The number of amides is 3. The summed E-state index contributed by atoms with van der Waals surface area (Å²) in [6.07, 6.45) is 8.78. The molecule has 0 spiro atoms. The summed E-state index contributed by atoms with van der Waals surface area (Å²) >= 11 is 0. The van der Waals surface area contributed by atoms with Gasteiger partial charge in [0.15, 0.2) is 0 Å². The Morgan fingerprint density at radius 1 is 0.855 bits per heavy atom. The van der Waals surface area contributed by atoms with Gasteiger partial charge >= 0.3 is 0 Å². The second-order valence-corrected chi connectivity index (χ2v) is 17.9. The molecule has 3 N–H and O–H groups in total. The fourth-order valence-corrected chi connectivity index (χ4v) is 10.5. The number of pyridine rings is 1. The lowest BCUT2D eigenvalue weighted by molar-refractivity contribution is -0.134. The van der Waals surface area contributed by atoms with Gasteiger partial charge in [0.05, 0.1) is 41.0 Å². The molecular formula is C46H52F2N10O4. The van der Waals surface area contributed by atoms with Gasteiger partial charge in [-0.05, 0) is 113 Å². The van der Waals surface area contributed by atoms with Crippen molar-refractivity contribution >= 4 is 46.1 Å². The Kier molecular flexibility index (Phi) is 10.6. The predicted molar refractivity (Wildman–Crippen MR) is 230 cm³/mol. The Bertz CT molecular complexity index is 2530. The van der Waals surface area contributed by atoms with E-state index in [4.69, 9.17) is 14.7 Å². The Labute approximate surface area is 358 Å². The molecule has 1 aliphatic carbocycles. The normalized spacial score (nSPS) is 22.9. The minimum atomic E-state index is -1.01. The van der Waals surface area contributed by atoms with Gasteiger partial charge in [0, 0.05) is 86.5 Å². The SMILES string of the molecule is Cc1cc2cc(n1)-c1cnn(C)c1OC[C@H]1CC[C@H](C1)Cn1c(nc3ccc(N4CCC(N5CCC(Nc6cc(F)c([C@H]7CCC(=O)NC7=O)c(F)c6)CC5)CC4)cc31)NC2=O. The van der Waals surface area contributed by atoms with Crippen molar-refractivity contribution in [2.24, 2.45) is 18.9 Å². The van der Waals surface area contributed by atoms with Gasteiger partial charge in [0.25, 0.3) is 5.91 Å². The highest BCUT2D eigenvalue weighted by Gasteiger charge is 2.34. The summed E-state index contributed by atoms with van der Waals surface area (Å²) in [4.78, 5) is 52.6. The van der Waals surface area contributed by atoms with E-state index < -0.39 is 29.4 Å². The van der Waals surface area contributed by atoms with E-state index in [1.54, 1.807) is 23.0 Å². The summed E-state index contributed by atoms with van der Waals surface area (Å²) in [5.41, 5.74) is 5.70. The highest BCUT2D eigenvalue weighted by molar-refractivity contribution is 6.05. The van der Waals surface area contributed by atoms with Crippen LogP contribution in [-0.2, 0) is 23.2 Å². The van der Waals surface area contributed by atoms with Crippen molar-refractivity contribution in [3.63, 3.8) is 0 Å². The number of nitrogens with zero attached hydrogens (tertiary/aromatic N) is 7. The summed E-state index contributed by atoms with van der Waals surface area (Å²) in [6, 6.07) is 13.1. The standard InChI is InChI=1S/C46H52F2N10O4/c1-26-17-29-19-39(50-26)35-23-49-55(2)45(35)62-25-28-4-3-27(18-28)24-58-40-22-33(5-7-38(40)52-46(58)54-43(29)60)57-15-11-32(12-16-57)56-13-9-30(10-14-56)51-31-20-36(47)42(37(48)21-31)34-6-8-41(59)53-44(34)61/h5,7,17,19-23,27-28,30,32,34,51H,3-4,6,8-16,18,24-25H2,1-2H3,(H,52,54,60)(H,53,59,61)/t27-,28+,34-/m1/s1. The van der Waals surface area contributed by atoms with E-state index in [2.05, 4.69) is 53.6 Å². The number of imidazole rings is 1. The number of hydrogen-bond donors (Lipinski definition) is 3. The van der Waals surface area contributed by atoms with Gasteiger partial charge in [0.2, 0.25) is 23.6 Å². The summed E-state index contributed by atoms with van der Waals surface area (Å²) in [5.74, 6) is -1.87. The number of nitrogens with one attached hydrogen (secondary N) is 3. The topological polar surface area (TPSA) is 152 Å². The average Bonchev–Trinajstić information content (AvgIpc) is 3.96. The largest absolute Gasteiger partial charge is 0.477 e. The molecule has 10 rings (SSSR count). The molecular weight excluding hydrogens is 795 g/mol. The van der Waals surface area contributed by atoms with Crippen molar-refractivity contribution in [2.75, 3.05) is 48.3 Å². The summed E-state index contributed by atoms with van der Waals surface area (Å²) in [5, 5.41) is 13.2. The van der Waals surface area contributed by atoms with Crippen molar-refractivity contribution < 1.29 is 27.9 Å². The fourth-order valence-electron chi connectivity index (χ4n) is 10.5. The van der Waals surface area contributed by atoms with Crippen LogP contribution in [0.1, 0.15) is 85.3 Å². The number of benzene rings is 2. The maximum absolute atomic E-state index is 15.2. The van der Waals surface area contributed by atoms with Crippen LogP contribution in [0.5, 0.6) is 5.88 Å². The fraction of sp³-hybridized carbons (Fsp3) is 0.478. The van der Waals surface area contributed by atoms with E-state index in [9.17, 15) is 14.4 Å². The quantitative estimate of drug-likeness (QED) is 0.166. The van der Waals surface area contributed by atoms with Gasteiger partial charge in [-0.1, -0.05) is 0 Å². The van der Waals surface area contributed by atoms with E-state index in [1.807, 2.05) is 14.0 Å². The number of carbonyl (C=O) groups is 3. The monoisotopic (exact) mass is 846 g/mol. The highest BCUT2D eigenvalue weighted by atomic mass is 19.1. The molecule has 1 saturated carbocycles. The number of likely N-dealkylation sites (tertiary alicyclic amines) is 1. The zero-order valence-electron chi connectivity index (χ0n) is 35.1. The Morgan fingerprint density at radius 2 is 1.63 bits per heavy atom. The molecule has 3 saturated heterocycles. The smallest absolute Gasteiger partial charge is 0.258 e. The third-order valence-corrected chi connectivity index (χ3v) is 13.8. The zero-order chi connectivity index (χ0) is 42.6. The van der Waals surface area contributed by atoms with Crippen molar-refractivity contribution in [3.8, 4) is 17.1 Å². The third-order valence-electron chi connectivity index (χ3n) is 13.8. The number of aromatic nitrogens is 5. The molecule has 324 valence electrons. The number of anilines is 3. The van der Waals surface area contributed by atoms with Crippen LogP contribution < -0.4 is 25.6 Å². The van der Waals surface area contributed by atoms with Crippen molar-refractivity contribution in [1.29, 1.82) is 0 Å². The first-order valence-corrected chi connectivity index (χ1v) is 22.1. The van der Waals surface area contributed by atoms with Crippen LogP contribution >= 0.6 is 0 Å². The molecule has 4 aliphatic heterocycles. The summed E-state index contributed by atoms with van der Waals surface area (Å²) in [6.45, 7) is 6.83. The first-order chi connectivity index (χ1) is 30.0. The number of rotatable bonds is 5. The molecule has 7 heterocycles. The van der Waals surface area contributed by atoms with Crippen LogP contribution in [0.25, 0.3) is 22.3 Å². The molecule has 0 unspecified atom stereocenters. The second kappa shape index (κ2) is 16.4. The molecule has 3 aromatic heterocycles. The number of halogens is 2.